The Hall–Kier alpha value is -2.22. The predicted molar refractivity (Wildman–Crippen MR) is 87.3 cm³/mol. The highest BCUT2D eigenvalue weighted by Gasteiger charge is 2.12. The number of nitrogens with one attached hydrogen (secondary N) is 1. The van der Waals surface area contributed by atoms with E-state index in [9.17, 15) is 4.79 Å². The summed E-state index contributed by atoms with van der Waals surface area (Å²) in [4.78, 5) is 12.0. The molecule has 124 valence electrons. The maximum atomic E-state index is 12.0. The van der Waals surface area contributed by atoms with Gasteiger partial charge in [0.2, 0.25) is 11.8 Å². The zero-order valence-corrected chi connectivity index (χ0v) is 14.3. The van der Waals surface area contributed by atoms with E-state index in [0.29, 0.717) is 28.3 Å². The number of nitrogens with zero attached hydrogens (tertiary/aromatic N) is 2. The van der Waals surface area contributed by atoms with Crippen LogP contribution in [0.3, 0.4) is 0 Å². The number of hydrogen-bond acceptors (Lipinski definition) is 7. The molecular weight excluding hydrogens is 318 g/mol. The minimum atomic E-state index is -0.175. The Morgan fingerprint density at radius 1 is 1.26 bits per heavy atom. The molecule has 0 saturated carbocycles. The first-order valence-corrected chi connectivity index (χ1v) is 8.00. The number of carbonyl (C=O) groups excluding carboxylic acids is 1. The second-order valence-electron chi connectivity index (χ2n) is 4.97. The van der Waals surface area contributed by atoms with Crippen molar-refractivity contribution in [1.29, 1.82) is 0 Å². The van der Waals surface area contributed by atoms with Gasteiger partial charge >= 0.3 is 0 Å². The standard InChI is InChI=1S/C15H19N3O4S/c1-9(2)14-17-18-15(22-14)23-8-13(19)16-10-5-6-11(20-3)12(7-10)21-4/h5-7,9H,8H2,1-4H3,(H,16,19). The average Bonchev–Trinajstić information content (AvgIpc) is 3.02. The van der Waals surface area contributed by atoms with Gasteiger partial charge in [-0.05, 0) is 12.1 Å². The molecule has 2 aromatic rings. The van der Waals surface area contributed by atoms with E-state index < -0.39 is 0 Å². The first kappa shape index (κ1) is 17.1. The number of ether oxygens (including phenoxy) is 2. The molecule has 1 aromatic heterocycles. The first-order chi connectivity index (χ1) is 11.0. The lowest BCUT2D eigenvalue weighted by Gasteiger charge is -2.10. The number of hydrogen-bond donors (Lipinski definition) is 1. The van der Waals surface area contributed by atoms with Crippen LogP contribution in [0.2, 0.25) is 0 Å². The maximum Gasteiger partial charge on any atom is 0.277 e. The summed E-state index contributed by atoms with van der Waals surface area (Å²) < 4.78 is 15.8. The number of anilines is 1. The van der Waals surface area contributed by atoms with E-state index in [2.05, 4.69) is 15.5 Å². The fraction of sp³-hybridized carbons (Fsp3) is 0.400. The van der Waals surface area contributed by atoms with Gasteiger partial charge < -0.3 is 19.2 Å². The molecule has 7 nitrogen and oxygen atoms in total. The number of amides is 1. The number of benzene rings is 1. The molecule has 0 spiro atoms. The summed E-state index contributed by atoms with van der Waals surface area (Å²) in [5.74, 6) is 1.88. The summed E-state index contributed by atoms with van der Waals surface area (Å²) in [5.41, 5.74) is 0.627. The Kier molecular flexibility index (Phi) is 5.86. The molecule has 0 bridgehead atoms. The third-order valence-corrected chi connectivity index (χ3v) is 3.73. The highest BCUT2D eigenvalue weighted by atomic mass is 32.2. The Bertz CT molecular complexity index is 672. The van der Waals surface area contributed by atoms with E-state index in [4.69, 9.17) is 13.9 Å². The van der Waals surface area contributed by atoms with Crippen molar-refractivity contribution < 1.29 is 18.7 Å². The quantitative estimate of drug-likeness (QED) is 0.777. The third-order valence-electron chi connectivity index (χ3n) is 2.91. The molecule has 0 aliphatic heterocycles. The van der Waals surface area contributed by atoms with Crippen LogP contribution in [0.5, 0.6) is 11.5 Å². The van der Waals surface area contributed by atoms with Crippen molar-refractivity contribution >= 4 is 23.4 Å². The Morgan fingerprint density at radius 3 is 2.61 bits per heavy atom. The van der Waals surface area contributed by atoms with Crippen molar-refractivity contribution in [3.8, 4) is 11.5 Å². The zero-order chi connectivity index (χ0) is 16.8. The summed E-state index contributed by atoms with van der Waals surface area (Å²) in [7, 11) is 3.10. The van der Waals surface area contributed by atoms with Gasteiger partial charge in [0.15, 0.2) is 11.5 Å². The van der Waals surface area contributed by atoms with Gasteiger partial charge in [-0.1, -0.05) is 25.6 Å². The van der Waals surface area contributed by atoms with Gasteiger partial charge in [0, 0.05) is 17.7 Å². The second-order valence-corrected chi connectivity index (χ2v) is 5.89. The smallest absolute Gasteiger partial charge is 0.277 e. The Labute approximate surface area is 138 Å². The predicted octanol–water partition coefficient (Wildman–Crippen LogP) is 2.94. The summed E-state index contributed by atoms with van der Waals surface area (Å²) >= 11 is 1.20. The topological polar surface area (TPSA) is 86.5 Å². The highest BCUT2D eigenvalue weighted by Crippen LogP contribution is 2.30. The van der Waals surface area contributed by atoms with Crippen molar-refractivity contribution in [3.05, 3.63) is 24.1 Å². The molecule has 0 fully saturated rings. The van der Waals surface area contributed by atoms with Gasteiger partial charge in [-0.2, -0.15) is 0 Å². The highest BCUT2D eigenvalue weighted by molar-refractivity contribution is 7.99. The minimum absolute atomic E-state index is 0.164. The summed E-state index contributed by atoms with van der Waals surface area (Å²) in [6.45, 7) is 3.93. The van der Waals surface area contributed by atoms with Crippen LogP contribution in [0.1, 0.15) is 25.7 Å². The Balaban J connectivity index is 1.91. The molecule has 1 N–H and O–H groups in total. The van der Waals surface area contributed by atoms with Crippen molar-refractivity contribution in [1.82, 2.24) is 10.2 Å². The van der Waals surface area contributed by atoms with Gasteiger partial charge in [-0.25, -0.2) is 0 Å². The minimum Gasteiger partial charge on any atom is -0.493 e. The molecule has 23 heavy (non-hydrogen) atoms. The maximum absolute atomic E-state index is 12.0. The van der Waals surface area contributed by atoms with Gasteiger partial charge in [-0.3, -0.25) is 4.79 Å². The molecule has 1 aromatic carbocycles. The van der Waals surface area contributed by atoms with Crippen molar-refractivity contribution in [3.63, 3.8) is 0 Å². The SMILES string of the molecule is COc1ccc(NC(=O)CSc2nnc(C(C)C)o2)cc1OC. The number of rotatable bonds is 7. The van der Waals surface area contributed by atoms with Crippen LogP contribution in [0.4, 0.5) is 5.69 Å². The first-order valence-electron chi connectivity index (χ1n) is 7.01. The largest absolute Gasteiger partial charge is 0.493 e. The number of carbonyl (C=O) groups is 1. The fourth-order valence-corrected chi connectivity index (χ4v) is 2.32. The van der Waals surface area contributed by atoms with Crippen LogP contribution in [-0.4, -0.2) is 36.1 Å². The fourth-order valence-electron chi connectivity index (χ4n) is 1.75. The molecule has 0 radical (unpaired) electrons. The molecule has 0 aliphatic rings. The van der Waals surface area contributed by atoms with Crippen LogP contribution in [0.25, 0.3) is 0 Å². The van der Waals surface area contributed by atoms with Crippen molar-refractivity contribution in [2.24, 2.45) is 0 Å². The normalized spacial score (nSPS) is 10.7. The molecular formula is C15H19N3O4S. The third kappa shape index (κ3) is 4.62. The van der Waals surface area contributed by atoms with Gasteiger partial charge in [0.05, 0.1) is 20.0 Å². The lowest BCUT2D eigenvalue weighted by atomic mass is 10.2. The van der Waals surface area contributed by atoms with Crippen LogP contribution in [-0.2, 0) is 4.79 Å². The van der Waals surface area contributed by atoms with Crippen molar-refractivity contribution in [2.75, 3.05) is 25.3 Å². The molecule has 0 atom stereocenters. The molecule has 2 rings (SSSR count). The monoisotopic (exact) mass is 337 g/mol. The van der Waals surface area contributed by atoms with E-state index in [0.717, 1.165) is 0 Å². The summed E-state index contributed by atoms with van der Waals surface area (Å²) in [5, 5.41) is 11.0. The van der Waals surface area contributed by atoms with Gasteiger partial charge in [-0.15, -0.1) is 10.2 Å². The van der Waals surface area contributed by atoms with E-state index >= 15 is 0 Å². The average molecular weight is 337 g/mol. The number of aromatic nitrogens is 2. The molecule has 8 heteroatoms. The second kappa shape index (κ2) is 7.87. The lowest BCUT2D eigenvalue weighted by Crippen LogP contribution is -2.14. The molecule has 0 unspecified atom stereocenters. The van der Waals surface area contributed by atoms with E-state index in [-0.39, 0.29) is 17.6 Å². The lowest BCUT2D eigenvalue weighted by molar-refractivity contribution is -0.113. The Morgan fingerprint density at radius 2 is 2.00 bits per heavy atom. The molecule has 1 amide bonds. The zero-order valence-electron chi connectivity index (χ0n) is 13.5. The molecule has 0 saturated heterocycles. The number of methoxy groups -OCH3 is 2. The van der Waals surface area contributed by atoms with Crippen LogP contribution in [0.15, 0.2) is 27.8 Å². The summed E-state index contributed by atoms with van der Waals surface area (Å²) in [6, 6.07) is 5.17. The van der Waals surface area contributed by atoms with Crippen LogP contribution in [0, 0.1) is 0 Å². The van der Waals surface area contributed by atoms with Crippen LogP contribution < -0.4 is 14.8 Å². The van der Waals surface area contributed by atoms with Crippen molar-refractivity contribution in [2.45, 2.75) is 25.0 Å². The number of thioether (sulfide) groups is 1. The van der Waals surface area contributed by atoms with Gasteiger partial charge in [0.1, 0.15) is 0 Å². The molecule has 1 heterocycles. The van der Waals surface area contributed by atoms with Gasteiger partial charge in [0.25, 0.3) is 5.22 Å². The molecule has 0 aliphatic carbocycles. The van der Waals surface area contributed by atoms with E-state index in [1.165, 1.54) is 11.8 Å². The van der Waals surface area contributed by atoms with E-state index in [1.54, 1.807) is 32.4 Å². The van der Waals surface area contributed by atoms with E-state index in [1.807, 2.05) is 13.8 Å². The van der Waals surface area contributed by atoms with Crippen LogP contribution >= 0.6 is 11.8 Å². The summed E-state index contributed by atoms with van der Waals surface area (Å²) in [6.07, 6.45) is 0.